The minimum Gasteiger partial charge on any atom is -0.414 e. The normalized spacial score (nSPS) is 37.9. The maximum Gasteiger partial charge on any atom is 0.192 e. The molecule has 0 aromatic carbocycles. The molecule has 130 valence electrons. The van der Waals surface area contributed by atoms with E-state index in [1.807, 2.05) is 0 Å². The Bertz CT molecular complexity index is 387. The van der Waals surface area contributed by atoms with Crippen LogP contribution < -0.4 is 0 Å². The molecule has 0 radical (unpaired) electrons. The molecule has 0 bridgehead atoms. The lowest BCUT2D eigenvalue weighted by atomic mass is 9.62. The zero-order valence-corrected chi connectivity index (χ0v) is 16.9. The molecule has 5 atom stereocenters. The van der Waals surface area contributed by atoms with Crippen molar-refractivity contribution in [3.63, 3.8) is 0 Å². The summed E-state index contributed by atoms with van der Waals surface area (Å²) in [5.41, 5.74) is 0.382. The van der Waals surface area contributed by atoms with Gasteiger partial charge in [-0.3, -0.25) is 0 Å². The predicted molar refractivity (Wildman–Crippen MR) is 96.5 cm³/mol. The fourth-order valence-electron chi connectivity index (χ4n) is 4.92. The Morgan fingerprint density at radius 2 is 1.86 bits per heavy atom. The summed E-state index contributed by atoms with van der Waals surface area (Å²) in [7, 11) is -1.69. The van der Waals surface area contributed by atoms with E-state index in [2.05, 4.69) is 47.7 Å². The Kier molecular flexibility index (Phi) is 5.22. The van der Waals surface area contributed by atoms with Crippen molar-refractivity contribution in [2.75, 3.05) is 6.61 Å². The molecule has 2 nitrogen and oxygen atoms in total. The predicted octanol–water partition coefficient (Wildman–Crippen LogP) is 5.22. The first-order chi connectivity index (χ1) is 10.0. The zero-order chi connectivity index (χ0) is 16.8. The monoisotopic (exact) mass is 326 g/mol. The highest BCUT2D eigenvalue weighted by molar-refractivity contribution is 6.74. The van der Waals surface area contributed by atoms with Crippen LogP contribution in [-0.2, 0) is 4.43 Å². The van der Waals surface area contributed by atoms with Gasteiger partial charge < -0.3 is 9.53 Å². The summed E-state index contributed by atoms with van der Waals surface area (Å²) in [6.45, 7) is 16.9. The van der Waals surface area contributed by atoms with Gasteiger partial charge in [0.2, 0.25) is 0 Å². The largest absolute Gasteiger partial charge is 0.414 e. The molecule has 0 aromatic heterocycles. The first kappa shape index (κ1) is 18.5. The Labute approximate surface area is 139 Å². The van der Waals surface area contributed by atoms with Gasteiger partial charge >= 0.3 is 0 Å². The number of aliphatic hydroxyl groups is 1. The second kappa shape index (κ2) is 6.21. The van der Waals surface area contributed by atoms with Crippen molar-refractivity contribution in [1.29, 1.82) is 0 Å². The number of hydrogen-bond donors (Lipinski definition) is 1. The lowest BCUT2D eigenvalue weighted by Crippen LogP contribution is -2.50. The fourth-order valence-corrected chi connectivity index (χ4v) is 6.31. The van der Waals surface area contributed by atoms with Crippen molar-refractivity contribution in [2.45, 2.75) is 91.0 Å². The molecular formula is C19H38O2Si. The van der Waals surface area contributed by atoms with E-state index in [0.717, 1.165) is 0 Å². The van der Waals surface area contributed by atoms with Crippen molar-refractivity contribution in [3.8, 4) is 0 Å². The molecule has 0 saturated heterocycles. The quantitative estimate of drug-likeness (QED) is 0.718. The molecule has 0 spiro atoms. The third-order valence-electron chi connectivity index (χ3n) is 7.36. The van der Waals surface area contributed by atoms with Gasteiger partial charge in [0.1, 0.15) is 0 Å². The smallest absolute Gasteiger partial charge is 0.192 e. The van der Waals surface area contributed by atoms with Gasteiger partial charge in [-0.15, -0.1) is 0 Å². The lowest BCUT2D eigenvalue weighted by molar-refractivity contribution is -0.0259. The summed E-state index contributed by atoms with van der Waals surface area (Å²) in [4.78, 5) is 0. The van der Waals surface area contributed by atoms with E-state index in [0.29, 0.717) is 35.9 Å². The molecule has 0 heterocycles. The standard InChI is InChI=1S/C19H38O2Si/c1-14(13-20)15-10-11-16-17(9-8-12-19(15,16)5)21-22(6,7)18(2,3)4/h14-17,20H,8-13H2,1-7H3/t14-,15-,16+,17+,19-/m0/s1. The Balaban J connectivity index is 2.17. The van der Waals surface area contributed by atoms with E-state index in [9.17, 15) is 5.11 Å². The third kappa shape index (κ3) is 3.18. The summed E-state index contributed by atoms with van der Waals surface area (Å²) < 4.78 is 6.86. The van der Waals surface area contributed by atoms with Crippen molar-refractivity contribution in [1.82, 2.24) is 0 Å². The molecule has 22 heavy (non-hydrogen) atoms. The first-order valence-corrected chi connectivity index (χ1v) is 12.2. The highest BCUT2D eigenvalue weighted by Crippen LogP contribution is 2.59. The maximum atomic E-state index is 9.63. The summed E-state index contributed by atoms with van der Waals surface area (Å²) in [5.74, 6) is 1.81. The molecular weight excluding hydrogens is 288 g/mol. The molecule has 0 aromatic rings. The third-order valence-corrected chi connectivity index (χ3v) is 11.9. The SMILES string of the molecule is C[C@@H](CO)[C@@H]1CC[C@@H]2[C@H](O[Si](C)(C)C(C)(C)C)CCC[C@]21C. The average molecular weight is 327 g/mol. The molecule has 0 aliphatic heterocycles. The summed E-state index contributed by atoms with van der Waals surface area (Å²) in [6.07, 6.45) is 6.89. The van der Waals surface area contributed by atoms with E-state index >= 15 is 0 Å². The van der Waals surface area contributed by atoms with Crippen LogP contribution in [0.5, 0.6) is 0 Å². The Morgan fingerprint density at radius 1 is 1.23 bits per heavy atom. The molecule has 2 saturated carbocycles. The molecule has 3 heteroatoms. The van der Waals surface area contributed by atoms with Crippen LogP contribution in [0, 0.1) is 23.2 Å². The fraction of sp³-hybridized carbons (Fsp3) is 1.00. The van der Waals surface area contributed by atoms with Crippen LogP contribution in [0.2, 0.25) is 18.1 Å². The van der Waals surface area contributed by atoms with Gasteiger partial charge in [-0.25, -0.2) is 0 Å². The van der Waals surface area contributed by atoms with Gasteiger partial charge in [0.15, 0.2) is 8.32 Å². The molecule has 0 amide bonds. The molecule has 2 aliphatic rings. The summed E-state index contributed by atoms with van der Waals surface area (Å²) in [5, 5.41) is 9.92. The van der Waals surface area contributed by atoms with Crippen molar-refractivity contribution in [2.24, 2.45) is 23.2 Å². The van der Waals surface area contributed by atoms with Crippen molar-refractivity contribution < 1.29 is 9.53 Å². The number of rotatable bonds is 4. The molecule has 1 N–H and O–H groups in total. The number of aliphatic hydroxyl groups excluding tert-OH is 1. The van der Waals surface area contributed by atoms with Crippen molar-refractivity contribution in [3.05, 3.63) is 0 Å². The molecule has 2 aliphatic carbocycles. The van der Waals surface area contributed by atoms with Gasteiger partial charge in [0.25, 0.3) is 0 Å². The van der Waals surface area contributed by atoms with E-state index < -0.39 is 8.32 Å². The van der Waals surface area contributed by atoms with Crippen LogP contribution >= 0.6 is 0 Å². The van der Waals surface area contributed by atoms with Crippen LogP contribution in [0.15, 0.2) is 0 Å². The number of fused-ring (bicyclic) bond motifs is 1. The van der Waals surface area contributed by atoms with Crippen molar-refractivity contribution >= 4 is 8.32 Å². The summed E-state index contributed by atoms with van der Waals surface area (Å²) >= 11 is 0. The minimum absolute atomic E-state index is 0.289. The van der Waals surface area contributed by atoms with Gasteiger partial charge in [0, 0.05) is 12.7 Å². The van der Waals surface area contributed by atoms with E-state index in [1.54, 1.807) is 0 Å². The van der Waals surface area contributed by atoms with Gasteiger partial charge in [0.05, 0.1) is 0 Å². The van der Waals surface area contributed by atoms with Gasteiger partial charge in [-0.05, 0) is 67.0 Å². The molecule has 0 unspecified atom stereocenters. The van der Waals surface area contributed by atoms with Crippen LogP contribution in [0.3, 0.4) is 0 Å². The number of hydrogen-bond acceptors (Lipinski definition) is 2. The topological polar surface area (TPSA) is 29.5 Å². The summed E-state index contributed by atoms with van der Waals surface area (Å²) in [6, 6.07) is 0. The van der Waals surface area contributed by atoms with Gasteiger partial charge in [-0.2, -0.15) is 0 Å². The van der Waals surface area contributed by atoms with Crippen LogP contribution in [0.25, 0.3) is 0 Å². The van der Waals surface area contributed by atoms with E-state index in [4.69, 9.17) is 4.43 Å². The lowest BCUT2D eigenvalue weighted by Gasteiger charge is -2.49. The van der Waals surface area contributed by atoms with Crippen LogP contribution in [0.4, 0.5) is 0 Å². The van der Waals surface area contributed by atoms with E-state index in [1.165, 1.54) is 32.1 Å². The molecule has 2 rings (SSSR count). The Morgan fingerprint density at radius 3 is 2.41 bits per heavy atom. The van der Waals surface area contributed by atoms with E-state index in [-0.39, 0.29) is 5.04 Å². The minimum atomic E-state index is -1.69. The Hall–Kier alpha value is 0.137. The average Bonchev–Trinajstić information content (AvgIpc) is 2.74. The zero-order valence-electron chi connectivity index (χ0n) is 15.9. The second-order valence-electron chi connectivity index (χ2n) is 9.76. The first-order valence-electron chi connectivity index (χ1n) is 9.31. The highest BCUT2D eigenvalue weighted by Gasteiger charge is 2.54. The highest BCUT2D eigenvalue weighted by atomic mass is 28.4. The molecule has 2 fully saturated rings. The van der Waals surface area contributed by atoms with Crippen LogP contribution in [0.1, 0.15) is 66.7 Å². The van der Waals surface area contributed by atoms with Gasteiger partial charge in [-0.1, -0.05) is 41.0 Å². The van der Waals surface area contributed by atoms with Crippen LogP contribution in [-0.4, -0.2) is 26.1 Å². The second-order valence-corrected chi connectivity index (χ2v) is 14.5. The maximum absolute atomic E-state index is 9.63.